The van der Waals surface area contributed by atoms with Crippen LogP contribution in [0.15, 0.2) is 51.7 Å². The highest BCUT2D eigenvalue weighted by Gasteiger charge is 2.11. The highest BCUT2D eigenvalue weighted by Crippen LogP contribution is 2.23. The summed E-state index contributed by atoms with van der Waals surface area (Å²) in [6.07, 6.45) is 0. The second-order valence-corrected chi connectivity index (χ2v) is 4.76. The van der Waals surface area contributed by atoms with Crippen molar-refractivity contribution in [3.63, 3.8) is 0 Å². The molecule has 2 aromatic carbocycles. The molecule has 6 heteroatoms. The van der Waals surface area contributed by atoms with E-state index in [0.29, 0.717) is 27.8 Å². The number of nitrogens with zero attached hydrogens (tertiary/aromatic N) is 1. The van der Waals surface area contributed by atoms with Crippen LogP contribution in [0.1, 0.15) is 10.4 Å². The maximum Gasteiger partial charge on any atom is 0.337 e. The van der Waals surface area contributed by atoms with Gasteiger partial charge in [0.05, 0.1) is 25.2 Å². The molecule has 116 valence electrons. The summed E-state index contributed by atoms with van der Waals surface area (Å²) in [5.74, 6) is 0.308. The third kappa shape index (κ3) is 2.78. The lowest BCUT2D eigenvalue weighted by molar-refractivity contribution is 0.0600. The summed E-state index contributed by atoms with van der Waals surface area (Å²) in [6.45, 7) is 0. The molecule has 6 nitrogen and oxygen atoms in total. The molecular formula is C17H13NO5. The largest absolute Gasteiger partial charge is 0.497 e. The van der Waals surface area contributed by atoms with Crippen molar-refractivity contribution in [3.05, 3.63) is 58.4 Å². The van der Waals surface area contributed by atoms with Crippen LogP contribution in [0, 0.1) is 0 Å². The zero-order valence-corrected chi connectivity index (χ0v) is 12.5. The van der Waals surface area contributed by atoms with E-state index in [9.17, 15) is 9.59 Å². The van der Waals surface area contributed by atoms with Crippen molar-refractivity contribution in [2.24, 2.45) is 0 Å². The van der Waals surface area contributed by atoms with Crippen LogP contribution in [0.25, 0.3) is 22.4 Å². The van der Waals surface area contributed by atoms with Gasteiger partial charge in [0.2, 0.25) is 5.89 Å². The molecule has 3 aromatic rings. The van der Waals surface area contributed by atoms with Crippen LogP contribution in [0.3, 0.4) is 0 Å². The summed E-state index contributed by atoms with van der Waals surface area (Å²) >= 11 is 0. The second-order valence-electron chi connectivity index (χ2n) is 4.76. The molecule has 23 heavy (non-hydrogen) atoms. The summed E-state index contributed by atoms with van der Waals surface area (Å²) in [6, 6.07) is 11.4. The topological polar surface area (TPSA) is 78.6 Å². The van der Waals surface area contributed by atoms with E-state index in [4.69, 9.17) is 9.15 Å². The Morgan fingerprint density at radius 3 is 2.48 bits per heavy atom. The fraction of sp³-hybridized carbons (Fsp3) is 0.118. The van der Waals surface area contributed by atoms with E-state index >= 15 is 0 Å². The third-order valence-electron chi connectivity index (χ3n) is 3.38. The van der Waals surface area contributed by atoms with E-state index in [2.05, 4.69) is 9.72 Å². The molecule has 0 saturated carbocycles. The summed E-state index contributed by atoms with van der Waals surface area (Å²) in [5.41, 5.74) is 1.01. The molecule has 0 saturated heterocycles. The van der Waals surface area contributed by atoms with Gasteiger partial charge in [-0.1, -0.05) is 0 Å². The highest BCUT2D eigenvalue weighted by atomic mass is 16.5. The number of carbonyl (C=O) groups is 1. The molecule has 0 atom stereocenters. The predicted octanol–water partition coefficient (Wildman–Crippen LogP) is 2.65. The van der Waals surface area contributed by atoms with E-state index in [1.807, 2.05) is 0 Å². The molecule has 0 amide bonds. The van der Waals surface area contributed by atoms with Gasteiger partial charge in [-0.05, 0) is 42.5 Å². The maximum atomic E-state index is 12.2. The normalized spacial score (nSPS) is 10.5. The number of aromatic nitrogens is 1. The van der Waals surface area contributed by atoms with Crippen molar-refractivity contribution in [2.75, 3.05) is 14.2 Å². The summed E-state index contributed by atoms with van der Waals surface area (Å²) < 4.78 is 15.4. The van der Waals surface area contributed by atoms with Crippen molar-refractivity contribution in [1.82, 2.24) is 4.98 Å². The van der Waals surface area contributed by atoms with Crippen LogP contribution in [0.4, 0.5) is 0 Å². The maximum absolute atomic E-state index is 12.2. The predicted molar refractivity (Wildman–Crippen MR) is 83.6 cm³/mol. The number of benzene rings is 2. The van der Waals surface area contributed by atoms with Crippen molar-refractivity contribution in [2.45, 2.75) is 0 Å². The molecule has 0 unspecified atom stereocenters. The Bertz CT molecular complexity index is 928. The number of methoxy groups -OCH3 is 2. The van der Waals surface area contributed by atoms with Gasteiger partial charge in [-0.25, -0.2) is 4.79 Å². The van der Waals surface area contributed by atoms with Gasteiger partial charge in [0, 0.05) is 5.56 Å². The zero-order valence-electron chi connectivity index (χ0n) is 12.5. The zero-order chi connectivity index (χ0) is 16.4. The van der Waals surface area contributed by atoms with Crippen LogP contribution in [-0.4, -0.2) is 25.2 Å². The van der Waals surface area contributed by atoms with Crippen molar-refractivity contribution in [1.29, 1.82) is 0 Å². The van der Waals surface area contributed by atoms with Gasteiger partial charge in [-0.2, -0.15) is 4.98 Å². The summed E-state index contributed by atoms with van der Waals surface area (Å²) in [7, 11) is 2.84. The Kier molecular flexibility index (Phi) is 3.80. The van der Waals surface area contributed by atoms with E-state index in [1.54, 1.807) is 42.5 Å². The number of rotatable bonds is 3. The number of fused-ring (bicyclic) bond motifs is 1. The molecule has 0 fully saturated rings. The average molecular weight is 311 g/mol. The van der Waals surface area contributed by atoms with Gasteiger partial charge >= 0.3 is 5.97 Å². The average Bonchev–Trinajstić information content (AvgIpc) is 2.60. The van der Waals surface area contributed by atoms with E-state index in [1.165, 1.54) is 14.2 Å². The van der Waals surface area contributed by atoms with Crippen molar-refractivity contribution >= 4 is 16.9 Å². The number of ether oxygens (including phenoxy) is 2. The SMILES string of the molecule is COC(=O)c1ccc(-c2nc(=O)c3cc(OC)ccc3o2)cc1. The molecule has 3 rings (SSSR count). The molecule has 0 spiro atoms. The molecule has 0 aliphatic carbocycles. The standard InChI is InChI=1S/C17H13NO5/c1-21-12-7-8-14-13(9-12)15(19)18-16(23-14)10-3-5-11(6-4-10)17(20)22-2/h3-9H,1-2H3. The third-order valence-corrected chi connectivity index (χ3v) is 3.38. The first-order chi connectivity index (χ1) is 11.1. The molecule has 0 radical (unpaired) electrons. The lowest BCUT2D eigenvalue weighted by atomic mass is 10.1. The van der Waals surface area contributed by atoms with Crippen LogP contribution in [0.2, 0.25) is 0 Å². The van der Waals surface area contributed by atoms with Crippen LogP contribution in [0.5, 0.6) is 5.75 Å². The smallest absolute Gasteiger partial charge is 0.337 e. The first-order valence-electron chi connectivity index (χ1n) is 6.80. The van der Waals surface area contributed by atoms with Gasteiger partial charge in [0.15, 0.2) is 0 Å². The lowest BCUT2D eigenvalue weighted by Gasteiger charge is -2.04. The minimum atomic E-state index is -0.434. The Hall–Kier alpha value is -3.15. The first kappa shape index (κ1) is 14.8. The van der Waals surface area contributed by atoms with Gasteiger partial charge in [-0.3, -0.25) is 4.79 Å². The summed E-state index contributed by atoms with van der Waals surface area (Å²) in [5, 5.41) is 0.347. The quantitative estimate of drug-likeness (QED) is 0.692. The van der Waals surface area contributed by atoms with Crippen LogP contribution >= 0.6 is 0 Å². The Morgan fingerprint density at radius 1 is 1.09 bits per heavy atom. The molecular weight excluding hydrogens is 298 g/mol. The fourth-order valence-corrected chi connectivity index (χ4v) is 2.16. The second kappa shape index (κ2) is 5.92. The molecule has 1 heterocycles. The highest BCUT2D eigenvalue weighted by molar-refractivity contribution is 5.89. The summed E-state index contributed by atoms with van der Waals surface area (Å²) in [4.78, 5) is 27.5. The van der Waals surface area contributed by atoms with Crippen molar-refractivity contribution in [3.8, 4) is 17.2 Å². The van der Waals surface area contributed by atoms with Gasteiger partial charge < -0.3 is 13.9 Å². The number of carbonyl (C=O) groups excluding carboxylic acids is 1. The fourth-order valence-electron chi connectivity index (χ4n) is 2.16. The van der Waals surface area contributed by atoms with E-state index < -0.39 is 11.5 Å². The Morgan fingerprint density at radius 2 is 1.83 bits per heavy atom. The van der Waals surface area contributed by atoms with E-state index in [0.717, 1.165) is 0 Å². The molecule has 0 aliphatic heterocycles. The minimum Gasteiger partial charge on any atom is -0.497 e. The van der Waals surface area contributed by atoms with E-state index in [-0.39, 0.29) is 5.89 Å². The minimum absolute atomic E-state index is 0.184. The first-order valence-corrected chi connectivity index (χ1v) is 6.80. The van der Waals surface area contributed by atoms with Gasteiger partial charge in [0.25, 0.3) is 5.56 Å². The van der Waals surface area contributed by atoms with Gasteiger partial charge in [-0.15, -0.1) is 0 Å². The lowest BCUT2D eigenvalue weighted by Crippen LogP contribution is -2.07. The number of hydrogen-bond acceptors (Lipinski definition) is 6. The van der Waals surface area contributed by atoms with Crippen LogP contribution in [-0.2, 0) is 4.74 Å². The number of esters is 1. The number of hydrogen-bond donors (Lipinski definition) is 0. The monoisotopic (exact) mass is 311 g/mol. The Balaban J connectivity index is 2.06. The molecule has 0 N–H and O–H groups in total. The molecule has 0 aliphatic rings. The van der Waals surface area contributed by atoms with Crippen molar-refractivity contribution < 1.29 is 18.7 Å². The Labute approximate surface area is 131 Å². The molecule has 0 bridgehead atoms. The van der Waals surface area contributed by atoms with Gasteiger partial charge in [0.1, 0.15) is 11.3 Å². The molecule has 1 aromatic heterocycles. The van der Waals surface area contributed by atoms with Crippen LogP contribution < -0.4 is 10.3 Å².